The van der Waals surface area contributed by atoms with E-state index in [1.54, 1.807) is 0 Å². The number of anilines is 1. The molecule has 2 aromatic carbocycles. The second-order valence-electron chi connectivity index (χ2n) is 3.97. The molecule has 0 aliphatic carbocycles. The lowest BCUT2D eigenvalue weighted by molar-refractivity contribution is 0.445. The Morgan fingerprint density at radius 1 is 0.850 bits per heavy atom. The molecule has 0 fully saturated rings. The van der Waals surface area contributed by atoms with Gasteiger partial charge in [-0.25, -0.2) is 22.0 Å². The van der Waals surface area contributed by atoms with Gasteiger partial charge in [-0.3, -0.25) is 0 Å². The van der Waals surface area contributed by atoms with Gasteiger partial charge in [0.1, 0.15) is 11.6 Å². The summed E-state index contributed by atoms with van der Waals surface area (Å²) in [7, 11) is 0. The largest absolute Gasteiger partial charge is 0.378 e. The zero-order valence-corrected chi connectivity index (χ0v) is 11.4. The van der Waals surface area contributed by atoms with Crippen LogP contribution in [0.5, 0.6) is 0 Å². The van der Waals surface area contributed by atoms with Crippen LogP contribution in [0.3, 0.4) is 0 Å². The van der Waals surface area contributed by atoms with Crippen molar-refractivity contribution in [2.24, 2.45) is 0 Å². The molecule has 0 spiro atoms. The summed E-state index contributed by atoms with van der Waals surface area (Å²) >= 11 is 2.96. The number of hydrogen-bond acceptors (Lipinski definition) is 1. The van der Waals surface area contributed by atoms with Crippen molar-refractivity contribution in [3.8, 4) is 0 Å². The molecular weight excluding hydrogens is 345 g/mol. The fourth-order valence-electron chi connectivity index (χ4n) is 1.61. The molecule has 0 aliphatic rings. The molecule has 0 saturated heterocycles. The first-order valence-electron chi connectivity index (χ1n) is 5.40. The van der Waals surface area contributed by atoms with Gasteiger partial charge in [0.25, 0.3) is 0 Å². The highest BCUT2D eigenvalue weighted by molar-refractivity contribution is 9.10. The number of hydrogen-bond donors (Lipinski definition) is 1. The van der Waals surface area contributed by atoms with Gasteiger partial charge in [0.05, 0.1) is 5.69 Å². The Kier molecular flexibility index (Phi) is 4.27. The summed E-state index contributed by atoms with van der Waals surface area (Å²) in [6.07, 6.45) is 0. The molecule has 0 bridgehead atoms. The highest BCUT2D eigenvalue weighted by Crippen LogP contribution is 2.27. The maximum absolute atomic E-state index is 13.5. The van der Waals surface area contributed by atoms with Crippen molar-refractivity contribution in [2.45, 2.75) is 6.54 Å². The standard InChI is InChI=1S/C13H7BrF5N/c14-8-3-7(15)4-11(18)13(8)20-5-6-1-9(16)12(19)10(17)2-6/h1-4,20H,5H2. The third-order valence-corrected chi connectivity index (χ3v) is 3.15. The summed E-state index contributed by atoms with van der Waals surface area (Å²) in [5.74, 6) is -5.86. The number of halogens is 6. The van der Waals surface area contributed by atoms with Crippen molar-refractivity contribution in [1.29, 1.82) is 0 Å². The lowest BCUT2D eigenvalue weighted by Gasteiger charge is -2.10. The van der Waals surface area contributed by atoms with Crippen LogP contribution in [0.25, 0.3) is 0 Å². The van der Waals surface area contributed by atoms with Crippen molar-refractivity contribution < 1.29 is 22.0 Å². The maximum atomic E-state index is 13.5. The van der Waals surface area contributed by atoms with Gasteiger partial charge in [-0.05, 0) is 39.7 Å². The Morgan fingerprint density at radius 3 is 2.00 bits per heavy atom. The van der Waals surface area contributed by atoms with E-state index in [9.17, 15) is 22.0 Å². The van der Waals surface area contributed by atoms with E-state index >= 15 is 0 Å². The molecule has 0 amide bonds. The highest BCUT2D eigenvalue weighted by Gasteiger charge is 2.12. The first-order chi connectivity index (χ1) is 9.38. The molecule has 1 N–H and O–H groups in total. The van der Waals surface area contributed by atoms with E-state index in [1.807, 2.05) is 0 Å². The fourth-order valence-corrected chi connectivity index (χ4v) is 2.16. The van der Waals surface area contributed by atoms with Crippen molar-refractivity contribution in [3.05, 3.63) is 63.4 Å². The van der Waals surface area contributed by atoms with E-state index in [0.29, 0.717) is 6.07 Å². The zero-order valence-electron chi connectivity index (χ0n) is 9.78. The second-order valence-corrected chi connectivity index (χ2v) is 4.83. The summed E-state index contributed by atoms with van der Waals surface area (Å²) in [6.45, 7) is -0.157. The number of benzene rings is 2. The monoisotopic (exact) mass is 351 g/mol. The first kappa shape index (κ1) is 14.8. The molecule has 2 aromatic rings. The topological polar surface area (TPSA) is 12.0 Å². The Hall–Kier alpha value is -1.63. The van der Waals surface area contributed by atoms with Gasteiger partial charge in [0, 0.05) is 17.1 Å². The van der Waals surface area contributed by atoms with E-state index in [-0.39, 0.29) is 22.3 Å². The van der Waals surface area contributed by atoms with Crippen molar-refractivity contribution in [2.75, 3.05) is 5.32 Å². The summed E-state index contributed by atoms with van der Waals surface area (Å²) in [5, 5.41) is 2.55. The van der Waals surface area contributed by atoms with Gasteiger partial charge >= 0.3 is 0 Å². The van der Waals surface area contributed by atoms with E-state index < -0.39 is 29.1 Å². The summed E-state index contributed by atoms with van der Waals surface area (Å²) in [4.78, 5) is 0. The molecule has 0 heterocycles. The quantitative estimate of drug-likeness (QED) is 0.621. The average molecular weight is 352 g/mol. The molecule has 20 heavy (non-hydrogen) atoms. The fraction of sp³-hybridized carbons (Fsp3) is 0.0769. The van der Waals surface area contributed by atoms with Crippen LogP contribution in [0.4, 0.5) is 27.6 Å². The molecule has 2 rings (SSSR count). The molecule has 1 nitrogen and oxygen atoms in total. The molecule has 0 aliphatic heterocycles. The van der Waals surface area contributed by atoms with Crippen molar-refractivity contribution in [3.63, 3.8) is 0 Å². The van der Waals surface area contributed by atoms with Crippen LogP contribution in [-0.2, 0) is 6.54 Å². The predicted molar refractivity (Wildman–Crippen MR) is 67.7 cm³/mol. The van der Waals surface area contributed by atoms with Crippen LogP contribution in [0, 0.1) is 29.1 Å². The number of rotatable bonds is 3. The summed E-state index contributed by atoms with van der Waals surface area (Å²) < 4.78 is 65.3. The van der Waals surface area contributed by atoms with Crippen molar-refractivity contribution >= 4 is 21.6 Å². The normalized spacial score (nSPS) is 10.7. The van der Waals surface area contributed by atoms with Gasteiger partial charge in [0.2, 0.25) is 0 Å². The molecule has 0 unspecified atom stereocenters. The highest BCUT2D eigenvalue weighted by atomic mass is 79.9. The third-order valence-electron chi connectivity index (χ3n) is 2.52. The van der Waals surface area contributed by atoms with E-state index in [1.165, 1.54) is 0 Å². The van der Waals surface area contributed by atoms with E-state index in [2.05, 4.69) is 21.2 Å². The van der Waals surface area contributed by atoms with Crippen LogP contribution in [-0.4, -0.2) is 0 Å². The Labute approximate surface area is 119 Å². The zero-order chi connectivity index (χ0) is 14.9. The number of nitrogens with one attached hydrogen (secondary N) is 1. The van der Waals surface area contributed by atoms with Gasteiger partial charge in [-0.2, -0.15) is 0 Å². The van der Waals surface area contributed by atoms with E-state index in [0.717, 1.165) is 18.2 Å². The minimum Gasteiger partial charge on any atom is -0.378 e. The molecule has 106 valence electrons. The molecule has 0 radical (unpaired) electrons. The SMILES string of the molecule is Fc1cc(F)c(NCc2cc(F)c(F)c(F)c2)c(Br)c1. The molecule has 0 atom stereocenters. The lowest BCUT2D eigenvalue weighted by Crippen LogP contribution is -2.05. The molecule has 0 aromatic heterocycles. The van der Waals surface area contributed by atoms with E-state index in [4.69, 9.17) is 0 Å². The van der Waals surface area contributed by atoms with Crippen LogP contribution >= 0.6 is 15.9 Å². The minimum absolute atomic E-state index is 0.0588. The van der Waals surface area contributed by atoms with Crippen molar-refractivity contribution in [1.82, 2.24) is 0 Å². The van der Waals surface area contributed by atoms with Gasteiger partial charge in [0.15, 0.2) is 17.5 Å². The second kappa shape index (κ2) is 5.78. The Balaban J connectivity index is 2.21. The smallest absolute Gasteiger partial charge is 0.194 e. The Morgan fingerprint density at radius 2 is 1.45 bits per heavy atom. The van der Waals surface area contributed by atoms with Crippen LogP contribution < -0.4 is 5.32 Å². The Bertz CT molecular complexity index is 613. The molecule has 7 heteroatoms. The minimum atomic E-state index is -1.57. The first-order valence-corrected chi connectivity index (χ1v) is 6.19. The maximum Gasteiger partial charge on any atom is 0.194 e. The summed E-state index contributed by atoms with van der Waals surface area (Å²) in [5.41, 5.74) is 0.0218. The predicted octanol–water partition coefficient (Wildman–Crippen LogP) is 4.76. The third kappa shape index (κ3) is 3.09. The molecule has 0 saturated carbocycles. The molecular formula is C13H7BrF5N. The average Bonchev–Trinajstić information content (AvgIpc) is 2.34. The lowest BCUT2D eigenvalue weighted by atomic mass is 10.2. The van der Waals surface area contributed by atoms with Gasteiger partial charge in [-0.15, -0.1) is 0 Å². The van der Waals surface area contributed by atoms with Gasteiger partial charge < -0.3 is 5.32 Å². The van der Waals surface area contributed by atoms with Gasteiger partial charge in [-0.1, -0.05) is 0 Å². The van der Waals surface area contributed by atoms with Crippen LogP contribution in [0.1, 0.15) is 5.56 Å². The van der Waals surface area contributed by atoms with Crippen LogP contribution in [0.2, 0.25) is 0 Å². The van der Waals surface area contributed by atoms with Crippen LogP contribution in [0.15, 0.2) is 28.7 Å². The summed E-state index contributed by atoms with van der Waals surface area (Å²) in [6, 6.07) is 3.29.